The summed E-state index contributed by atoms with van der Waals surface area (Å²) in [7, 11) is 2.67. The van der Waals surface area contributed by atoms with Crippen molar-refractivity contribution in [2.45, 2.75) is 0 Å². The third kappa shape index (κ3) is 2.81. The van der Waals surface area contributed by atoms with Gasteiger partial charge in [0.15, 0.2) is 0 Å². The minimum atomic E-state index is -0.229. The summed E-state index contributed by atoms with van der Waals surface area (Å²) in [5.74, 6) is -0.229. The maximum absolute atomic E-state index is 14.1. The Kier molecular flexibility index (Phi) is 4.19. The molecule has 1 atom stereocenters. The lowest BCUT2D eigenvalue weighted by molar-refractivity contribution is 0.631. The van der Waals surface area contributed by atoms with Crippen molar-refractivity contribution in [3.63, 3.8) is 0 Å². The van der Waals surface area contributed by atoms with Crippen LogP contribution in [0.4, 0.5) is 4.39 Å². The molecule has 0 radical (unpaired) electrons. The zero-order valence-corrected chi connectivity index (χ0v) is 16.8. The first-order valence-corrected chi connectivity index (χ1v) is 9.92. The molecule has 0 N–H and O–H groups in total. The highest BCUT2D eigenvalue weighted by Gasteiger charge is 2.15. The molecule has 0 spiro atoms. The molecule has 0 aliphatic rings. The number of fused-ring (bicyclic) bond motifs is 3. The van der Waals surface area contributed by atoms with Crippen LogP contribution in [0.3, 0.4) is 0 Å². The number of hydrogen-bond donors (Lipinski definition) is 0. The second-order valence-electron chi connectivity index (χ2n) is 6.80. The quantitative estimate of drug-likeness (QED) is 0.287. The van der Waals surface area contributed by atoms with Gasteiger partial charge in [0.2, 0.25) is 0 Å². The summed E-state index contributed by atoms with van der Waals surface area (Å²) < 4.78 is 16.3. The molecule has 0 aliphatic heterocycles. The molecule has 1 nitrogen and oxygen atoms in total. The number of benzene rings is 4. The molecule has 136 valence electrons. The summed E-state index contributed by atoms with van der Waals surface area (Å²) in [6.45, 7) is 0. The Hall–Kier alpha value is -2.67. The third-order valence-electron chi connectivity index (χ3n) is 5.03. The zero-order chi connectivity index (χ0) is 19.3. The maximum atomic E-state index is 14.1. The van der Waals surface area contributed by atoms with E-state index in [1.807, 2.05) is 48.5 Å². The van der Waals surface area contributed by atoms with Gasteiger partial charge in [0, 0.05) is 21.5 Å². The Morgan fingerprint density at radius 3 is 2.32 bits per heavy atom. The predicted molar refractivity (Wildman–Crippen MR) is 121 cm³/mol. The lowest BCUT2D eigenvalue weighted by Gasteiger charge is -2.12. The van der Waals surface area contributed by atoms with Crippen LogP contribution in [0.15, 0.2) is 84.9 Å². The molecule has 1 heterocycles. The minimum absolute atomic E-state index is 0.229. The van der Waals surface area contributed by atoms with Gasteiger partial charge in [0.1, 0.15) is 5.82 Å². The van der Waals surface area contributed by atoms with Gasteiger partial charge in [-0.3, -0.25) is 0 Å². The van der Waals surface area contributed by atoms with Crippen molar-refractivity contribution in [1.82, 2.24) is 4.57 Å². The fourth-order valence-corrected chi connectivity index (χ4v) is 4.49. The highest BCUT2D eigenvalue weighted by atomic mass is 35.5. The minimum Gasteiger partial charge on any atom is -0.309 e. The van der Waals surface area contributed by atoms with Crippen LogP contribution >= 0.6 is 20.8 Å². The summed E-state index contributed by atoms with van der Waals surface area (Å²) in [6, 6.07) is 27.5. The molecule has 0 amide bonds. The average Bonchev–Trinajstić information content (AvgIpc) is 3.03. The molecule has 5 aromatic rings. The fourth-order valence-electron chi connectivity index (χ4n) is 3.85. The van der Waals surface area contributed by atoms with E-state index in [1.165, 1.54) is 0 Å². The van der Waals surface area contributed by atoms with Crippen LogP contribution in [0.5, 0.6) is 0 Å². The predicted octanol–water partition coefficient (Wildman–Crippen LogP) is 6.74. The van der Waals surface area contributed by atoms with E-state index in [9.17, 15) is 4.39 Å². The molecule has 0 bridgehead atoms. The zero-order valence-electron chi connectivity index (χ0n) is 14.9. The van der Waals surface area contributed by atoms with E-state index in [-0.39, 0.29) is 5.82 Å². The van der Waals surface area contributed by atoms with Crippen LogP contribution in [-0.2, 0) is 0 Å². The van der Waals surface area contributed by atoms with Gasteiger partial charge in [-0.15, -0.1) is 9.24 Å². The van der Waals surface area contributed by atoms with Crippen LogP contribution in [-0.4, -0.2) is 4.57 Å². The van der Waals surface area contributed by atoms with Crippen LogP contribution in [0, 0.1) is 5.82 Å². The molecular formula is C24H16ClFNP. The number of rotatable bonds is 2. The largest absolute Gasteiger partial charge is 0.309 e. The van der Waals surface area contributed by atoms with Gasteiger partial charge in [-0.25, -0.2) is 4.39 Å². The molecular weight excluding hydrogens is 388 g/mol. The van der Waals surface area contributed by atoms with Gasteiger partial charge in [0.25, 0.3) is 0 Å². The Bertz CT molecular complexity index is 1360. The van der Waals surface area contributed by atoms with E-state index in [0.717, 1.165) is 43.9 Å². The van der Waals surface area contributed by atoms with Crippen LogP contribution < -0.4 is 5.30 Å². The van der Waals surface area contributed by atoms with Crippen LogP contribution in [0.2, 0.25) is 5.02 Å². The van der Waals surface area contributed by atoms with E-state index in [4.69, 9.17) is 11.6 Å². The van der Waals surface area contributed by atoms with Crippen molar-refractivity contribution in [2.24, 2.45) is 0 Å². The van der Waals surface area contributed by atoms with Gasteiger partial charge in [-0.1, -0.05) is 54.1 Å². The molecule has 0 aliphatic carbocycles. The second-order valence-corrected chi connectivity index (χ2v) is 7.86. The van der Waals surface area contributed by atoms with Crippen LogP contribution in [0.25, 0.3) is 38.6 Å². The molecule has 1 unspecified atom stereocenters. The standard InChI is InChI=1S/C24H16ClFNP/c25-17-7-3-5-15(11-17)16-6-4-8-19(12-16)27-22-10-2-1-9-20(22)21-13-18(26)14-23(28)24(21)27/h1-14H,28H2. The number of para-hydroxylation sites is 1. The van der Waals surface area contributed by atoms with Crippen LogP contribution in [0.1, 0.15) is 0 Å². The Morgan fingerprint density at radius 2 is 1.50 bits per heavy atom. The first-order valence-electron chi connectivity index (χ1n) is 8.96. The van der Waals surface area contributed by atoms with Crippen molar-refractivity contribution in [2.75, 3.05) is 0 Å². The maximum Gasteiger partial charge on any atom is 0.124 e. The molecule has 0 saturated heterocycles. The van der Waals surface area contributed by atoms with E-state index in [0.29, 0.717) is 5.02 Å². The Balaban J connectivity index is 1.83. The summed E-state index contributed by atoms with van der Waals surface area (Å²) in [6.07, 6.45) is 0. The van der Waals surface area contributed by atoms with Crippen molar-refractivity contribution in [1.29, 1.82) is 0 Å². The topological polar surface area (TPSA) is 4.93 Å². The van der Waals surface area contributed by atoms with Gasteiger partial charge < -0.3 is 4.57 Å². The number of nitrogens with zero attached hydrogens (tertiary/aromatic N) is 1. The average molecular weight is 404 g/mol. The summed E-state index contributed by atoms with van der Waals surface area (Å²) in [5.41, 5.74) is 5.22. The first kappa shape index (κ1) is 17.4. The first-order chi connectivity index (χ1) is 13.6. The van der Waals surface area contributed by atoms with Crippen molar-refractivity contribution >= 4 is 48.0 Å². The summed E-state index contributed by atoms with van der Waals surface area (Å²) >= 11 is 6.18. The normalized spacial score (nSPS) is 11.4. The highest BCUT2D eigenvalue weighted by Crippen LogP contribution is 2.33. The number of halogens is 2. The van der Waals surface area contributed by atoms with Crippen molar-refractivity contribution in [3.8, 4) is 16.8 Å². The summed E-state index contributed by atoms with van der Waals surface area (Å²) in [4.78, 5) is 0. The van der Waals surface area contributed by atoms with Gasteiger partial charge >= 0.3 is 0 Å². The number of hydrogen-bond acceptors (Lipinski definition) is 0. The molecule has 0 saturated carbocycles. The van der Waals surface area contributed by atoms with Gasteiger partial charge in [0.05, 0.1) is 11.0 Å². The smallest absolute Gasteiger partial charge is 0.124 e. The molecule has 28 heavy (non-hydrogen) atoms. The van der Waals surface area contributed by atoms with Crippen molar-refractivity contribution < 1.29 is 4.39 Å². The van der Waals surface area contributed by atoms with Crippen molar-refractivity contribution in [3.05, 3.63) is 95.8 Å². The monoisotopic (exact) mass is 403 g/mol. The van der Waals surface area contributed by atoms with Gasteiger partial charge in [-0.05, 0) is 58.9 Å². The Labute approximate surface area is 169 Å². The number of aromatic nitrogens is 1. The summed E-state index contributed by atoms with van der Waals surface area (Å²) in [5, 5.41) is 3.49. The molecule has 5 rings (SSSR count). The lowest BCUT2D eigenvalue weighted by atomic mass is 10.1. The SMILES string of the molecule is Fc1cc(P)c2c(c1)c1ccccc1n2-c1cccc(-c2cccc(Cl)c2)c1. The second kappa shape index (κ2) is 6.74. The van der Waals surface area contributed by atoms with Gasteiger partial charge in [-0.2, -0.15) is 0 Å². The lowest BCUT2D eigenvalue weighted by Crippen LogP contribution is -2.02. The molecule has 4 aromatic carbocycles. The molecule has 4 heteroatoms. The van der Waals surface area contributed by atoms with E-state index in [2.05, 4.69) is 38.1 Å². The third-order valence-corrected chi connectivity index (χ3v) is 5.70. The fraction of sp³-hybridized carbons (Fsp3) is 0. The van der Waals surface area contributed by atoms with E-state index >= 15 is 0 Å². The highest BCUT2D eigenvalue weighted by molar-refractivity contribution is 7.28. The van der Waals surface area contributed by atoms with E-state index < -0.39 is 0 Å². The van der Waals surface area contributed by atoms with E-state index in [1.54, 1.807) is 12.1 Å². The molecule has 0 fully saturated rings. The molecule has 1 aromatic heterocycles. The Morgan fingerprint density at radius 1 is 0.750 bits per heavy atom.